The summed E-state index contributed by atoms with van der Waals surface area (Å²) in [4.78, 5) is 0. The topological polar surface area (TPSA) is 72.2 Å². The summed E-state index contributed by atoms with van der Waals surface area (Å²) < 4.78 is 26.1. The van der Waals surface area contributed by atoms with Crippen molar-refractivity contribution in [3.8, 4) is 0 Å². The summed E-state index contributed by atoms with van der Waals surface area (Å²) in [6, 6.07) is 7.15. The molecule has 3 N–H and O–H groups in total. The van der Waals surface area contributed by atoms with Crippen LogP contribution in [0.4, 0.5) is 5.69 Å². The van der Waals surface area contributed by atoms with Gasteiger partial charge >= 0.3 is 0 Å². The molecule has 14 heavy (non-hydrogen) atoms. The molecular formula is C8H11IN2O2S. The highest BCUT2D eigenvalue weighted by Crippen LogP contribution is 2.13. The van der Waals surface area contributed by atoms with Gasteiger partial charge in [0.1, 0.15) is 0 Å². The van der Waals surface area contributed by atoms with Crippen LogP contribution in [-0.4, -0.2) is 20.7 Å². The van der Waals surface area contributed by atoms with Gasteiger partial charge in [0.2, 0.25) is 10.0 Å². The number of hydrogen-bond acceptors (Lipinski definition) is 3. The van der Waals surface area contributed by atoms with Crippen LogP contribution >= 0.6 is 22.6 Å². The Bertz CT molecular complexity index is 406. The second-order valence-corrected chi connectivity index (χ2v) is 5.81. The third kappa shape index (κ3) is 3.81. The maximum Gasteiger partial charge on any atom is 0.233 e. The minimum atomic E-state index is -3.28. The van der Waals surface area contributed by atoms with Gasteiger partial charge in [0.05, 0.1) is 5.75 Å². The van der Waals surface area contributed by atoms with Crippen LogP contribution in [0.5, 0.6) is 0 Å². The number of halogens is 1. The lowest BCUT2D eigenvalue weighted by atomic mass is 10.3. The first-order valence-electron chi connectivity index (χ1n) is 3.99. The summed E-state index contributed by atoms with van der Waals surface area (Å²) in [7, 11) is -3.28. The van der Waals surface area contributed by atoms with Crippen LogP contribution in [0, 0.1) is 3.57 Å². The lowest BCUT2D eigenvalue weighted by Gasteiger charge is -2.06. The van der Waals surface area contributed by atoms with E-state index >= 15 is 0 Å². The Labute approximate surface area is 97.1 Å². The highest BCUT2D eigenvalue weighted by Gasteiger charge is 2.08. The molecule has 0 radical (unpaired) electrons. The molecule has 1 rings (SSSR count). The molecule has 1 aromatic carbocycles. The van der Waals surface area contributed by atoms with Gasteiger partial charge in [-0.3, -0.25) is 4.72 Å². The van der Waals surface area contributed by atoms with E-state index in [9.17, 15) is 8.42 Å². The zero-order valence-electron chi connectivity index (χ0n) is 7.40. The van der Waals surface area contributed by atoms with Gasteiger partial charge in [0.25, 0.3) is 0 Å². The van der Waals surface area contributed by atoms with E-state index in [0.29, 0.717) is 5.69 Å². The van der Waals surface area contributed by atoms with E-state index in [0.717, 1.165) is 3.57 Å². The molecule has 6 heteroatoms. The van der Waals surface area contributed by atoms with E-state index in [1.165, 1.54) is 0 Å². The predicted molar refractivity (Wildman–Crippen MR) is 65.6 cm³/mol. The van der Waals surface area contributed by atoms with Crippen LogP contribution in [0.2, 0.25) is 0 Å². The van der Waals surface area contributed by atoms with Crippen molar-refractivity contribution in [1.29, 1.82) is 0 Å². The molecule has 0 heterocycles. The average molecular weight is 326 g/mol. The summed E-state index contributed by atoms with van der Waals surface area (Å²) in [5.74, 6) is -0.0571. The summed E-state index contributed by atoms with van der Waals surface area (Å²) >= 11 is 2.12. The molecule has 0 amide bonds. The third-order valence-corrected chi connectivity index (χ3v) is 3.48. The molecule has 0 aliphatic carbocycles. The number of nitrogens with one attached hydrogen (secondary N) is 1. The van der Waals surface area contributed by atoms with Crippen molar-refractivity contribution in [3.05, 3.63) is 27.8 Å². The second-order valence-electron chi connectivity index (χ2n) is 2.72. The van der Waals surface area contributed by atoms with Gasteiger partial charge in [-0.2, -0.15) is 0 Å². The van der Waals surface area contributed by atoms with Crippen molar-refractivity contribution in [3.63, 3.8) is 0 Å². The largest absolute Gasteiger partial charge is 0.329 e. The lowest BCUT2D eigenvalue weighted by molar-refractivity contribution is 0.601. The molecule has 4 nitrogen and oxygen atoms in total. The average Bonchev–Trinajstić information content (AvgIpc) is 2.02. The molecule has 0 atom stereocenters. The van der Waals surface area contributed by atoms with E-state index in [1.54, 1.807) is 18.2 Å². The van der Waals surface area contributed by atoms with Crippen molar-refractivity contribution < 1.29 is 8.42 Å². The molecule has 0 spiro atoms. The van der Waals surface area contributed by atoms with E-state index in [2.05, 4.69) is 27.3 Å². The van der Waals surface area contributed by atoms with Crippen molar-refractivity contribution >= 4 is 38.3 Å². The summed E-state index contributed by atoms with van der Waals surface area (Å²) in [5, 5.41) is 0. The normalized spacial score (nSPS) is 11.3. The zero-order chi connectivity index (χ0) is 10.6. The molecular weight excluding hydrogens is 315 g/mol. The van der Waals surface area contributed by atoms with Gasteiger partial charge in [0.15, 0.2) is 0 Å². The molecule has 0 unspecified atom stereocenters. The first-order valence-corrected chi connectivity index (χ1v) is 6.73. The Kier molecular flexibility index (Phi) is 4.14. The fraction of sp³-hybridized carbons (Fsp3) is 0.250. The van der Waals surface area contributed by atoms with E-state index in [-0.39, 0.29) is 12.3 Å². The highest BCUT2D eigenvalue weighted by molar-refractivity contribution is 14.1. The molecule has 0 aromatic heterocycles. The van der Waals surface area contributed by atoms with Crippen molar-refractivity contribution in [2.24, 2.45) is 5.73 Å². The SMILES string of the molecule is NCCS(=O)(=O)Nc1cccc(I)c1. The number of anilines is 1. The minimum Gasteiger partial charge on any atom is -0.329 e. The van der Waals surface area contributed by atoms with Crippen LogP contribution in [0.1, 0.15) is 0 Å². The Morgan fingerprint density at radius 3 is 2.71 bits per heavy atom. The zero-order valence-corrected chi connectivity index (χ0v) is 10.4. The molecule has 0 saturated carbocycles. The molecule has 78 valence electrons. The Balaban J connectivity index is 2.79. The van der Waals surface area contributed by atoms with Crippen LogP contribution in [0.15, 0.2) is 24.3 Å². The minimum absolute atomic E-state index is 0.0571. The van der Waals surface area contributed by atoms with Gasteiger partial charge in [-0.05, 0) is 40.8 Å². The number of sulfonamides is 1. The monoisotopic (exact) mass is 326 g/mol. The fourth-order valence-corrected chi connectivity index (χ4v) is 2.38. The van der Waals surface area contributed by atoms with Crippen LogP contribution in [0.25, 0.3) is 0 Å². The van der Waals surface area contributed by atoms with E-state index in [4.69, 9.17) is 5.73 Å². The molecule has 1 aromatic rings. The summed E-state index contributed by atoms with van der Waals surface area (Å²) in [6.07, 6.45) is 0. The molecule has 0 aliphatic heterocycles. The van der Waals surface area contributed by atoms with Gasteiger partial charge in [-0.15, -0.1) is 0 Å². The summed E-state index contributed by atoms with van der Waals surface area (Å²) in [6.45, 7) is 0.124. The number of benzene rings is 1. The molecule has 0 aliphatic rings. The van der Waals surface area contributed by atoms with Crippen molar-refractivity contribution in [1.82, 2.24) is 0 Å². The van der Waals surface area contributed by atoms with E-state index in [1.807, 2.05) is 6.07 Å². The first-order chi connectivity index (χ1) is 6.53. The Hall–Kier alpha value is -0.340. The fourth-order valence-electron chi connectivity index (χ4n) is 0.938. The maximum absolute atomic E-state index is 11.3. The van der Waals surface area contributed by atoms with Gasteiger partial charge in [-0.25, -0.2) is 8.42 Å². The van der Waals surface area contributed by atoms with Crippen molar-refractivity contribution in [2.45, 2.75) is 0 Å². The third-order valence-electron chi connectivity index (χ3n) is 1.48. The Morgan fingerprint density at radius 1 is 1.43 bits per heavy atom. The quantitative estimate of drug-likeness (QED) is 0.811. The summed E-state index contributed by atoms with van der Waals surface area (Å²) in [5.41, 5.74) is 5.75. The number of hydrogen-bond donors (Lipinski definition) is 2. The maximum atomic E-state index is 11.3. The molecule has 0 saturated heterocycles. The van der Waals surface area contributed by atoms with Crippen LogP contribution in [0.3, 0.4) is 0 Å². The predicted octanol–water partition coefficient (Wildman–Crippen LogP) is 0.992. The highest BCUT2D eigenvalue weighted by atomic mass is 127. The number of rotatable bonds is 4. The van der Waals surface area contributed by atoms with E-state index < -0.39 is 10.0 Å². The van der Waals surface area contributed by atoms with Crippen LogP contribution in [-0.2, 0) is 10.0 Å². The van der Waals surface area contributed by atoms with Gasteiger partial charge < -0.3 is 5.73 Å². The van der Waals surface area contributed by atoms with Gasteiger partial charge in [-0.1, -0.05) is 6.07 Å². The second kappa shape index (κ2) is 4.94. The van der Waals surface area contributed by atoms with Gasteiger partial charge in [0, 0.05) is 15.8 Å². The standard InChI is InChI=1S/C8H11IN2O2S/c9-7-2-1-3-8(6-7)11-14(12,13)5-4-10/h1-3,6,11H,4-5,10H2. The smallest absolute Gasteiger partial charge is 0.233 e. The molecule has 0 fully saturated rings. The first kappa shape index (κ1) is 11.7. The Morgan fingerprint density at radius 2 is 2.14 bits per heavy atom. The molecule has 0 bridgehead atoms. The lowest BCUT2D eigenvalue weighted by Crippen LogP contribution is -2.22. The van der Waals surface area contributed by atoms with Crippen LogP contribution < -0.4 is 10.5 Å². The number of nitrogens with two attached hydrogens (primary N) is 1. The van der Waals surface area contributed by atoms with Crippen molar-refractivity contribution in [2.75, 3.05) is 17.0 Å².